The van der Waals surface area contributed by atoms with E-state index in [1.54, 1.807) is 0 Å². The SMILES string of the molecule is CCCCC/C=C\C/C=C\C/C=C\CCCCCCCCC(=O)OC[C@@H](COC(=O)CCCCCCCCCCCCCCCCCCCC)OC(=O)CCCCCCCCCCCCCCCCCCCC. The fourth-order valence-corrected chi connectivity index (χ4v) is 9.75. The number of esters is 3. The Labute approximate surface area is 455 Å². The minimum atomic E-state index is -0.774. The first-order valence-electron chi connectivity index (χ1n) is 32.5. The Morgan fingerprint density at radius 3 is 0.795 bits per heavy atom. The van der Waals surface area contributed by atoms with Crippen molar-refractivity contribution in [2.75, 3.05) is 13.2 Å². The number of hydrogen-bond donors (Lipinski definition) is 0. The van der Waals surface area contributed by atoms with Crippen molar-refractivity contribution in [3.8, 4) is 0 Å². The lowest BCUT2D eigenvalue weighted by atomic mass is 10.0. The van der Waals surface area contributed by atoms with Crippen LogP contribution < -0.4 is 0 Å². The maximum absolute atomic E-state index is 12.9. The first-order valence-corrected chi connectivity index (χ1v) is 32.5. The van der Waals surface area contributed by atoms with Gasteiger partial charge in [-0.25, -0.2) is 0 Å². The molecular formula is C67H124O6. The van der Waals surface area contributed by atoms with Crippen molar-refractivity contribution in [2.24, 2.45) is 0 Å². The predicted molar refractivity (Wildman–Crippen MR) is 316 cm³/mol. The van der Waals surface area contributed by atoms with E-state index in [2.05, 4.69) is 57.2 Å². The molecule has 1 atom stereocenters. The van der Waals surface area contributed by atoms with E-state index in [0.29, 0.717) is 19.3 Å². The van der Waals surface area contributed by atoms with Crippen molar-refractivity contribution in [3.05, 3.63) is 36.5 Å². The van der Waals surface area contributed by atoms with E-state index in [1.807, 2.05) is 0 Å². The molecule has 0 aromatic heterocycles. The number of unbranched alkanes of at least 4 members (excludes halogenated alkanes) is 43. The monoisotopic (exact) mass is 1020 g/mol. The van der Waals surface area contributed by atoms with Crippen molar-refractivity contribution in [3.63, 3.8) is 0 Å². The highest BCUT2D eigenvalue weighted by atomic mass is 16.6. The third-order valence-electron chi connectivity index (χ3n) is 14.6. The summed E-state index contributed by atoms with van der Waals surface area (Å²) in [6, 6.07) is 0. The van der Waals surface area contributed by atoms with Gasteiger partial charge in [0, 0.05) is 19.3 Å². The number of allylic oxidation sites excluding steroid dienone is 6. The molecule has 0 aliphatic carbocycles. The summed E-state index contributed by atoms with van der Waals surface area (Å²) in [6.45, 7) is 6.67. The second kappa shape index (κ2) is 62.2. The van der Waals surface area contributed by atoms with Crippen molar-refractivity contribution in [1.29, 1.82) is 0 Å². The van der Waals surface area contributed by atoms with Crippen LogP contribution in [0.15, 0.2) is 36.5 Å². The molecule has 0 aromatic rings. The summed E-state index contributed by atoms with van der Waals surface area (Å²) in [5, 5.41) is 0. The second-order valence-electron chi connectivity index (χ2n) is 22.0. The summed E-state index contributed by atoms with van der Waals surface area (Å²) in [6.07, 6.45) is 75.7. The van der Waals surface area contributed by atoms with Gasteiger partial charge in [-0.3, -0.25) is 14.4 Å². The minimum absolute atomic E-state index is 0.0707. The molecule has 0 fully saturated rings. The van der Waals surface area contributed by atoms with Crippen molar-refractivity contribution in [2.45, 2.75) is 361 Å². The molecule has 0 unspecified atom stereocenters. The Hall–Kier alpha value is -2.37. The normalized spacial score (nSPS) is 12.2. The van der Waals surface area contributed by atoms with Crippen LogP contribution in [0, 0.1) is 0 Å². The van der Waals surface area contributed by atoms with Gasteiger partial charge < -0.3 is 14.2 Å². The molecular weight excluding hydrogens is 901 g/mol. The van der Waals surface area contributed by atoms with E-state index < -0.39 is 6.10 Å². The van der Waals surface area contributed by atoms with Crippen LogP contribution >= 0.6 is 0 Å². The van der Waals surface area contributed by atoms with Crippen molar-refractivity contribution in [1.82, 2.24) is 0 Å². The summed E-state index contributed by atoms with van der Waals surface area (Å²) in [4.78, 5) is 38.3. The average Bonchev–Trinajstić information content (AvgIpc) is 3.39. The molecule has 0 bridgehead atoms. The zero-order valence-electron chi connectivity index (χ0n) is 49.2. The number of hydrogen-bond acceptors (Lipinski definition) is 6. The van der Waals surface area contributed by atoms with E-state index >= 15 is 0 Å². The zero-order chi connectivity index (χ0) is 52.9. The number of rotatable bonds is 60. The van der Waals surface area contributed by atoms with E-state index in [0.717, 1.165) is 77.0 Å². The van der Waals surface area contributed by atoms with E-state index in [4.69, 9.17) is 14.2 Å². The summed E-state index contributed by atoms with van der Waals surface area (Å²) >= 11 is 0. The van der Waals surface area contributed by atoms with Gasteiger partial charge >= 0.3 is 17.9 Å². The van der Waals surface area contributed by atoms with Crippen LogP contribution in [0.1, 0.15) is 355 Å². The molecule has 428 valence electrons. The van der Waals surface area contributed by atoms with E-state index in [9.17, 15) is 14.4 Å². The Morgan fingerprint density at radius 1 is 0.274 bits per heavy atom. The van der Waals surface area contributed by atoms with Crippen LogP contribution in [-0.4, -0.2) is 37.2 Å². The predicted octanol–water partition coefficient (Wildman–Crippen LogP) is 22.0. The fraction of sp³-hybridized carbons (Fsp3) is 0.866. The topological polar surface area (TPSA) is 78.9 Å². The molecule has 0 N–H and O–H groups in total. The van der Waals surface area contributed by atoms with Gasteiger partial charge in [-0.15, -0.1) is 0 Å². The lowest BCUT2D eigenvalue weighted by Crippen LogP contribution is -2.30. The summed E-state index contributed by atoms with van der Waals surface area (Å²) in [5.41, 5.74) is 0. The van der Waals surface area contributed by atoms with Gasteiger partial charge in [-0.1, -0.05) is 314 Å². The highest BCUT2D eigenvalue weighted by molar-refractivity contribution is 5.71. The van der Waals surface area contributed by atoms with Gasteiger partial charge in [0.05, 0.1) is 0 Å². The Balaban J connectivity index is 4.34. The van der Waals surface area contributed by atoms with Gasteiger partial charge in [0.2, 0.25) is 0 Å². The van der Waals surface area contributed by atoms with Gasteiger partial charge in [0.15, 0.2) is 6.10 Å². The second-order valence-corrected chi connectivity index (χ2v) is 22.0. The summed E-state index contributed by atoms with van der Waals surface area (Å²) in [5.74, 6) is -0.856. The van der Waals surface area contributed by atoms with Crippen LogP contribution in [0.5, 0.6) is 0 Å². The number of ether oxygens (including phenoxy) is 3. The zero-order valence-corrected chi connectivity index (χ0v) is 49.2. The first-order chi connectivity index (χ1) is 36.0. The molecule has 0 radical (unpaired) electrons. The van der Waals surface area contributed by atoms with Crippen LogP contribution in [-0.2, 0) is 28.6 Å². The standard InChI is InChI=1S/C67H124O6/c1-4-7-10-13-16-19-22-25-28-31-34-37-39-42-45-48-51-54-57-60-66(69)72-63-64(73-67(70)61-58-55-52-49-46-43-40-36-33-30-27-24-21-18-15-12-9-6-3)62-71-65(68)59-56-53-50-47-44-41-38-35-32-29-26-23-20-17-14-11-8-5-2/h16,19,25,28,34,37,64H,4-15,17-18,20-24,26-27,29-33,35-36,38-63H2,1-3H3/b19-16-,28-25-,37-34-/t64-/m1/s1. The molecule has 0 amide bonds. The third kappa shape index (κ3) is 60.4. The molecule has 6 nitrogen and oxygen atoms in total. The van der Waals surface area contributed by atoms with Crippen LogP contribution in [0.4, 0.5) is 0 Å². The lowest BCUT2D eigenvalue weighted by Gasteiger charge is -2.18. The van der Waals surface area contributed by atoms with Crippen molar-refractivity contribution >= 4 is 17.9 Å². The maximum atomic E-state index is 12.9. The van der Waals surface area contributed by atoms with Gasteiger partial charge in [0.25, 0.3) is 0 Å². The van der Waals surface area contributed by atoms with Crippen molar-refractivity contribution < 1.29 is 28.6 Å². The molecule has 0 aliphatic heterocycles. The van der Waals surface area contributed by atoms with E-state index in [-0.39, 0.29) is 31.1 Å². The third-order valence-corrected chi connectivity index (χ3v) is 14.6. The summed E-state index contributed by atoms with van der Waals surface area (Å²) in [7, 11) is 0. The smallest absolute Gasteiger partial charge is 0.306 e. The van der Waals surface area contributed by atoms with Crippen LogP contribution in [0.25, 0.3) is 0 Å². The Bertz CT molecular complexity index is 1220. The molecule has 0 rings (SSSR count). The number of carbonyl (C=O) groups excluding carboxylic acids is 3. The molecule has 0 saturated carbocycles. The Kier molecular flexibility index (Phi) is 60.2. The molecule has 0 aromatic carbocycles. The quantitative estimate of drug-likeness (QED) is 0.0261. The molecule has 73 heavy (non-hydrogen) atoms. The van der Waals surface area contributed by atoms with Crippen LogP contribution in [0.3, 0.4) is 0 Å². The van der Waals surface area contributed by atoms with Gasteiger partial charge in [-0.2, -0.15) is 0 Å². The largest absolute Gasteiger partial charge is 0.462 e. The summed E-state index contributed by atoms with van der Waals surface area (Å²) < 4.78 is 17.0. The first kappa shape index (κ1) is 70.6. The Morgan fingerprint density at radius 2 is 0.493 bits per heavy atom. The maximum Gasteiger partial charge on any atom is 0.306 e. The van der Waals surface area contributed by atoms with Gasteiger partial charge in [-0.05, 0) is 57.8 Å². The average molecular weight is 1030 g/mol. The molecule has 0 heterocycles. The molecule has 0 saturated heterocycles. The highest BCUT2D eigenvalue weighted by Crippen LogP contribution is 2.18. The minimum Gasteiger partial charge on any atom is -0.462 e. The van der Waals surface area contributed by atoms with Gasteiger partial charge in [0.1, 0.15) is 13.2 Å². The fourth-order valence-electron chi connectivity index (χ4n) is 9.75. The lowest BCUT2D eigenvalue weighted by molar-refractivity contribution is -0.167. The number of carbonyl (C=O) groups is 3. The highest BCUT2D eigenvalue weighted by Gasteiger charge is 2.19. The molecule has 0 spiro atoms. The molecule has 0 aliphatic rings. The molecule has 6 heteroatoms. The van der Waals surface area contributed by atoms with E-state index in [1.165, 1.54) is 238 Å². The van der Waals surface area contributed by atoms with Crippen LogP contribution in [0.2, 0.25) is 0 Å².